The number of benzene rings is 3. The van der Waals surface area contributed by atoms with Crippen LogP contribution in [0.4, 0.5) is 11.4 Å². The van der Waals surface area contributed by atoms with Gasteiger partial charge in [0, 0.05) is 39.4 Å². The van der Waals surface area contributed by atoms with Crippen molar-refractivity contribution in [3.63, 3.8) is 0 Å². The lowest BCUT2D eigenvalue weighted by molar-refractivity contribution is -0.130. The number of ether oxygens (including phenoxy) is 1. The Balaban J connectivity index is 1.37. The number of rotatable bonds is 4. The van der Waals surface area contributed by atoms with Crippen LogP contribution in [0.25, 0.3) is 10.9 Å². The molecule has 9 heteroatoms. The van der Waals surface area contributed by atoms with Gasteiger partial charge in [0.1, 0.15) is 11.3 Å². The van der Waals surface area contributed by atoms with E-state index >= 15 is 0 Å². The van der Waals surface area contributed by atoms with Crippen molar-refractivity contribution in [2.75, 3.05) is 17.3 Å². The van der Waals surface area contributed by atoms with Crippen LogP contribution in [0.5, 0.6) is 5.75 Å². The predicted octanol–water partition coefficient (Wildman–Crippen LogP) is 4.00. The summed E-state index contributed by atoms with van der Waals surface area (Å²) in [7, 11) is 1.55. The number of nitrogens with one attached hydrogen (secondary N) is 3. The van der Waals surface area contributed by atoms with Crippen LogP contribution in [-0.4, -0.2) is 35.9 Å². The summed E-state index contributed by atoms with van der Waals surface area (Å²) in [6.45, 7) is 0. The molecule has 3 aromatic carbocycles. The molecule has 3 aliphatic heterocycles. The van der Waals surface area contributed by atoms with Gasteiger partial charge in [-0.15, -0.1) is 0 Å². The summed E-state index contributed by atoms with van der Waals surface area (Å²) in [5.74, 6) is -2.18. The summed E-state index contributed by atoms with van der Waals surface area (Å²) < 4.78 is 5.24. The molecule has 2 saturated heterocycles. The number of halogens is 1. The summed E-state index contributed by atoms with van der Waals surface area (Å²) in [4.78, 5) is 46.4. The number of imide groups is 1. The van der Waals surface area contributed by atoms with Crippen LogP contribution in [-0.2, 0) is 26.3 Å². The molecule has 0 bridgehead atoms. The van der Waals surface area contributed by atoms with Gasteiger partial charge >= 0.3 is 0 Å². The van der Waals surface area contributed by atoms with Gasteiger partial charge in [-0.25, -0.2) is 4.90 Å². The van der Waals surface area contributed by atoms with Gasteiger partial charge in [-0.3, -0.25) is 19.7 Å². The normalized spacial score (nSPS) is 25.8. The first-order valence-electron chi connectivity index (χ1n) is 12.4. The van der Waals surface area contributed by atoms with E-state index in [0.717, 1.165) is 16.5 Å². The number of methoxy groups -OCH3 is 1. The Kier molecular flexibility index (Phi) is 4.95. The summed E-state index contributed by atoms with van der Waals surface area (Å²) in [6, 6.07) is 19.4. The average molecular weight is 527 g/mol. The van der Waals surface area contributed by atoms with Gasteiger partial charge in [-0.2, -0.15) is 0 Å². The summed E-state index contributed by atoms with van der Waals surface area (Å²) in [5, 5.41) is 7.89. The van der Waals surface area contributed by atoms with Crippen molar-refractivity contribution in [3.05, 3.63) is 89.1 Å². The number of carbonyl (C=O) groups is 3. The lowest BCUT2D eigenvalue weighted by Crippen LogP contribution is -2.53. The quantitative estimate of drug-likeness (QED) is 0.349. The topological polar surface area (TPSA) is 104 Å². The number of amides is 3. The highest BCUT2D eigenvalue weighted by Crippen LogP contribution is 2.54. The smallest absolute Gasteiger partial charge is 0.250 e. The summed E-state index contributed by atoms with van der Waals surface area (Å²) >= 11 is 6.37. The van der Waals surface area contributed by atoms with Gasteiger partial charge in [-0.05, 0) is 60.5 Å². The minimum atomic E-state index is -1.42. The molecule has 2 unspecified atom stereocenters. The standard InChI is InChI=1S/C29H23ClN4O4/c1-38-18-9-7-17(8-10-18)34-26(35)24-23(12-15-14-31-21-5-3-2-4-19(15)21)33-29(25(24)27(34)36)20-13-16(30)6-11-22(20)32-28(29)37/h2-11,13-14,23-25,31,33H,12H2,1H3,(H,32,37)/t23?,24-,25+,29?/m1/s1. The maximum atomic E-state index is 14.1. The van der Waals surface area contributed by atoms with Crippen LogP contribution in [0.3, 0.4) is 0 Å². The molecule has 0 radical (unpaired) electrons. The molecule has 3 amide bonds. The molecule has 4 heterocycles. The molecular weight excluding hydrogens is 504 g/mol. The first-order chi connectivity index (χ1) is 18.4. The van der Waals surface area contributed by atoms with Crippen LogP contribution >= 0.6 is 11.6 Å². The van der Waals surface area contributed by atoms with Gasteiger partial charge in [0.2, 0.25) is 17.7 Å². The Morgan fingerprint density at radius 1 is 1.00 bits per heavy atom. The number of anilines is 2. The van der Waals surface area contributed by atoms with Crippen LogP contribution in [0.15, 0.2) is 72.9 Å². The Morgan fingerprint density at radius 2 is 1.79 bits per heavy atom. The zero-order valence-electron chi connectivity index (χ0n) is 20.3. The Hall–Kier alpha value is -4.14. The summed E-state index contributed by atoms with van der Waals surface area (Å²) in [5.41, 5.74) is 2.18. The summed E-state index contributed by atoms with van der Waals surface area (Å²) in [6.07, 6.45) is 2.37. The predicted molar refractivity (Wildman–Crippen MR) is 143 cm³/mol. The molecule has 0 saturated carbocycles. The molecule has 0 aliphatic carbocycles. The highest BCUT2D eigenvalue weighted by Gasteiger charge is 2.70. The monoisotopic (exact) mass is 526 g/mol. The number of hydrogen-bond donors (Lipinski definition) is 3. The maximum absolute atomic E-state index is 14.1. The fourth-order valence-electron chi connectivity index (χ4n) is 6.47. The molecule has 38 heavy (non-hydrogen) atoms. The van der Waals surface area contributed by atoms with Crippen LogP contribution in [0.2, 0.25) is 5.02 Å². The third-order valence-electron chi connectivity index (χ3n) is 8.12. The van der Waals surface area contributed by atoms with Gasteiger partial charge in [-0.1, -0.05) is 29.8 Å². The van der Waals surface area contributed by atoms with Gasteiger partial charge in [0.05, 0.1) is 24.6 Å². The third kappa shape index (κ3) is 3.04. The zero-order valence-corrected chi connectivity index (χ0v) is 21.1. The molecule has 190 valence electrons. The van der Waals surface area contributed by atoms with Crippen molar-refractivity contribution in [1.29, 1.82) is 0 Å². The second kappa shape index (κ2) is 8.18. The second-order valence-corrected chi connectivity index (χ2v) is 10.4. The first-order valence-corrected chi connectivity index (χ1v) is 12.8. The lowest BCUT2D eigenvalue weighted by Gasteiger charge is -2.29. The highest BCUT2D eigenvalue weighted by molar-refractivity contribution is 6.31. The van der Waals surface area contributed by atoms with Crippen LogP contribution < -0.4 is 20.3 Å². The van der Waals surface area contributed by atoms with E-state index in [4.69, 9.17) is 16.3 Å². The minimum absolute atomic E-state index is 0.331. The minimum Gasteiger partial charge on any atom is -0.497 e. The van der Waals surface area contributed by atoms with E-state index < -0.39 is 29.3 Å². The fraction of sp³-hybridized carbons (Fsp3) is 0.207. The molecule has 1 spiro atoms. The molecule has 8 nitrogen and oxygen atoms in total. The van der Waals surface area contributed by atoms with Gasteiger partial charge in [0.25, 0.3) is 0 Å². The highest BCUT2D eigenvalue weighted by atomic mass is 35.5. The molecule has 3 aliphatic rings. The zero-order chi connectivity index (χ0) is 26.2. The van der Waals surface area contributed by atoms with E-state index in [1.807, 2.05) is 30.5 Å². The largest absolute Gasteiger partial charge is 0.497 e. The van der Waals surface area contributed by atoms with E-state index in [-0.39, 0.29) is 11.8 Å². The number of fused-ring (bicyclic) bond motifs is 5. The van der Waals surface area contributed by atoms with Crippen LogP contribution in [0, 0.1) is 11.8 Å². The van der Waals surface area contributed by atoms with Gasteiger partial charge < -0.3 is 15.0 Å². The second-order valence-electron chi connectivity index (χ2n) is 9.98. The lowest BCUT2D eigenvalue weighted by atomic mass is 9.76. The van der Waals surface area contributed by atoms with Crippen molar-refractivity contribution < 1.29 is 19.1 Å². The van der Waals surface area contributed by atoms with Crippen LogP contribution in [0.1, 0.15) is 11.1 Å². The fourth-order valence-corrected chi connectivity index (χ4v) is 6.64. The average Bonchev–Trinajstić information content (AvgIpc) is 3.63. The Labute approximate surface area is 222 Å². The van der Waals surface area contributed by atoms with Crippen molar-refractivity contribution in [2.24, 2.45) is 11.8 Å². The van der Waals surface area contributed by atoms with Crippen molar-refractivity contribution in [3.8, 4) is 5.75 Å². The number of para-hydroxylation sites is 1. The molecular formula is C29H23ClN4O4. The molecule has 3 N–H and O–H groups in total. The molecule has 2 fully saturated rings. The van der Waals surface area contributed by atoms with E-state index in [2.05, 4.69) is 15.6 Å². The van der Waals surface area contributed by atoms with E-state index in [1.54, 1.807) is 49.6 Å². The maximum Gasteiger partial charge on any atom is 0.250 e. The molecule has 4 atom stereocenters. The number of carbonyl (C=O) groups excluding carboxylic acids is 3. The molecule has 1 aromatic heterocycles. The first kappa shape index (κ1) is 23.0. The van der Waals surface area contributed by atoms with Gasteiger partial charge in [0.15, 0.2) is 0 Å². The van der Waals surface area contributed by atoms with E-state index in [9.17, 15) is 14.4 Å². The molecule has 4 aromatic rings. The number of aromatic amines is 1. The Morgan fingerprint density at radius 3 is 2.58 bits per heavy atom. The Bertz CT molecular complexity index is 1650. The van der Waals surface area contributed by atoms with E-state index in [0.29, 0.717) is 34.1 Å². The van der Waals surface area contributed by atoms with Crippen molar-refractivity contribution in [2.45, 2.75) is 18.0 Å². The van der Waals surface area contributed by atoms with E-state index in [1.165, 1.54) is 4.90 Å². The third-order valence-corrected chi connectivity index (χ3v) is 8.36. The number of aromatic nitrogens is 1. The number of nitrogens with zero attached hydrogens (tertiary/aromatic N) is 1. The van der Waals surface area contributed by atoms with Crippen molar-refractivity contribution in [1.82, 2.24) is 10.3 Å². The van der Waals surface area contributed by atoms with Crippen molar-refractivity contribution >= 4 is 51.6 Å². The number of hydrogen-bond acceptors (Lipinski definition) is 5. The number of H-pyrrole nitrogens is 1. The SMILES string of the molecule is COc1ccc(N2C(=O)[C@@H]3C(Cc4c[nH]c5ccccc45)NC4(C(=O)Nc5ccc(Cl)cc54)[C@@H]3C2=O)cc1. The molecule has 7 rings (SSSR count).